The monoisotopic (exact) mass is 334 g/mol. The van der Waals surface area contributed by atoms with Crippen LogP contribution in [0.15, 0.2) is 28.9 Å². The van der Waals surface area contributed by atoms with Crippen LogP contribution in [-0.2, 0) is 6.54 Å². The van der Waals surface area contributed by atoms with Crippen LogP contribution in [0.25, 0.3) is 0 Å². The van der Waals surface area contributed by atoms with Crippen molar-refractivity contribution in [1.29, 1.82) is 0 Å². The topological polar surface area (TPSA) is 34.1 Å². The second kappa shape index (κ2) is 6.27. The quantitative estimate of drug-likeness (QED) is 0.900. The van der Waals surface area contributed by atoms with Gasteiger partial charge in [0.25, 0.3) is 0 Å². The minimum Gasteiger partial charge on any atom is -0.496 e. The van der Waals surface area contributed by atoms with Crippen LogP contribution >= 0.6 is 15.9 Å². The fourth-order valence-electron chi connectivity index (χ4n) is 2.19. The van der Waals surface area contributed by atoms with Crippen molar-refractivity contribution in [3.8, 4) is 5.75 Å². The lowest BCUT2D eigenvalue weighted by Crippen LogP contribution is -2.06. The summed E-state index contributed by atoms with van der Waals surface area (Å²) in [5.41, 5.74) is 5.46. The van der Waals surface area contributed by atoms with Gasteiger partial charge in [-0.2, -0.15) is 0 Å². The van der Waals surface area contributed by atoms with Crippen LogP contribution in [0, 0.1) is 20.8 Å². The van der Waals surface area contributed by atoms with Crippen molar-refractivity contribution in [2.45, 2.75) is 27.3 Å². The van der Waals surface area contributed by atoms with Gasteiger partial charge in [-0.25, -0.2) is 0 Å². The van der Waals surface area contributed by atoms with E-state index in [-0.39, 0.29) is 0 Å². The van der Waals surface area contributed by atoms with Gasteiger partial charge >= 0.3 is 0 Å². The number of aryl methyl sites for hydroxylation is 2. The molecule has 0 aliphatic heterocycles. The lowest BCUT2D eigenvalue weighted by atomic mass is 10.1. The fourth-order valence-corrected chi connectivity index (χ4v) is 2.44. The van der Waals surface area contributed by atoms with E-state index in [4.69, 9.17) is 4.74 Å². The summed E-state index contributed by atoms with van der Waals surface area (Å²) in [4.78, 5) is 4.49. The molecule has 0 aliphatic carbocycles. The van der Waals surface area contributed by atoms with E-state index in [9.17, 15) is 0 Å². The number of hydrogen-bond donors (Lipinski definition) is 1. The first-order chi connectivity index (χ1) is 9.52. The van der Waals surface area contributed by atoms with Crippen molar-refractivity contribution >= 4 is 21.6 Å². The molecule has 1 aromatic heterocycles. The van der Waals surface area contributed by atoms with Gasteiger partial charge in [-0.1, -0.05) is 15.9 Å². The number of pyridine rings is 1. The summed E-state index contributed by atoms with van der Waals surface area (Å²) in [6.45, 7) is 6.81. The van der Waals surface area contributed by atoms with E-state index < -0.39 is 0 Å². The fraction of sp³-hybridized carbons (Fsp3) is 0.312. The number of benzene rings is 1. The van der Waals surface area contributed by atoms with E-state index in [1.807, 2.05) is 26.1 Å². The van der Waals surface area contributed by atoms with Crippen LogP contribution in [0.2, 0.25) is 0 Å². The first kappa shape index (κ1) is 14.9. The van der Waals surface area contributed by atoms with Crippen LogP contribution < -0.4 is 10.1 Å². The second-order valence-corrected chi connectivity index (χ2v) is 5.72. The normalized spacial score (nSPS) is 10.4. The molecule has 106 valence electrons. The Bertz CT molecular complexity index is 626. The average molecular weight is 335 g/mol. The van der Waals surface area contributed by atoms with E-state index in [0.717, 1.165) is 32.7 Å². The van der Waals surface area contributed by atoms with Crippen LogP contribution in [-0.4, -0.2) is 12.1 Å². The van der Waals surface area contributed by atoms with Crippen LogP contribution in [0.5, 0.6) is 5.75 Å². The highest BCUT2D eigenvalue weighted by atomic mass is 79.9. The van der Waals surface area contributed by atoms with Crippen LogP contribution in [0.3, 0.4) is 0 Å². The highest BCUT2D eigenvalue weighted by Crippen LogP contribution is 2.25. The number of ether oxygens (including phenoxy) is 1. The van der Waals surface area contributed by atoms with Gasteiger partial charge in [0.05, 0.1) is 19.3 Å². The summed E-state index contributed by atoms with van der Waals surface area (Å²) < 4.78 is 6.55. The van der Waals surface area contributed by atoms with Gasteiger partial charge in [0, 0.05) is 27.5 Å². The molecule has 1 heterocycles. The summed E-state index contributed by atoms with van der Waals surface area (Å²) >= 11 is 3.51. The summed E-state index contributed by atoms with van der Waals surface area (Å²) in [7, 11) is 1.70. The summed E-state index contributed by atoms with van der Waals surface area (Å²) in [5.74, 6) is 0.920. The van der Waals surface area contributed by atoms with E-state index >= 15 is 0 Å². The third kappa shape index (κ3) is 3.12. The summed E-state index contributed by atoms with van der Waals surface area (Å²) in [6.07, 6.45) is 1.86. The van der Waals surface area contributed by atoms with Gasteiger partial charge in [-0.05, 0) is 44.5 Å². The summed E-state index contributed by atoms with van der Waals surface area (Å²) in [6, 6.07) is 6.22. The molecule has 0 amide bonds. The number of nitrogens with one attached hydrogen (secondary N) is 1. The SMILES string of the molecule is COc1c(C)cnc(CNc2ccc(Br)c(C)c2)c1C. The van der Waals surface area contributed by atoms with Crippen molar-refractivity contribution in [3.05, 3.63) is 51.3 Å². The Hall–Kier alpha value is -1.55. The lowest BCUT2D eigenvalue weighted by Gasteiger charge is -2.13. The Kier molecular flexibility index (Phi) is 4.65. The van der Waals surface area contributed by atoms with Crippen molar-refractivity contribution < 1.29 is 4.74 Å². The van der Waals surface area contributed by atoms with Crippen molar-refractivity contribution in [3.63, 3.8) is 0 Å². The maximum Gasteiger partial charge on any atom is 0.128 e. The molecule has 0 saturated carbocycles. The zero-order chi connectivity index (χ0) is 14.7. The van der Waals surface area contributed by atoms with Crippen molar-refractivity contribution in [2.75, 3.05) is 12.4 Å². The van der Waals surface area contributed by atoms with Crippen molar-refractivity contribution in [2.24, 2.45) is 0 Å². The predicted molar refractivity (Wildman–Crippen MR) is 86.5 cm³/mol. The highest BCUT2D eigenvalue weighted by molar-refractivity contribution is 9.10. The average Bonchev–Trinajstić information content (AvgIpc) is 2.42. The van der Waals surface area contributed by atoms with Gasteiger partial charge in [0.15, 0.2) is 0 Å². The zero-order valence-electron chi connectivity index (χ0n) is 12.2. The van der Waals surface area contributed by atoms with Crippen LogP contribution in [0.1, 0.15) is 22.4 Å². The smallest absolute Gasteiger partial charge is 0.128 e. The number of nitrogens with zero attached hydrogens (tertiary/aromatic N) is 1. The van der Waals surface area contributed by atoms with Crippen LogP contribution in [0.4, 0.5) is 5.69 Å². The molecule has 4 heteroatoms. The molecule has 0 radical (unpaired) electrons. The maximum absolute atomic E-state index is 5.43. The minimum atomic E-state index is 0.684. The Labute approximate surface area is 128 Å². The van der Waals surface area contributed by atoms with Gasteiger partial charge in [0.2, 0.25) is 0 Å². The summed E-state index contributed by atoms with van der Waals surface area (Å²) in [5, 5.41) is 3.40. The van der Waals surface area contributed by atoms with E-state index in [1.54, 1.807) is 7.11 Å². The first-order valence-corrected chi connectivity index (χ1v) is 7.31. The first-order valence-electron chi connectivity index (χ1n) is 6.52. The van der Waals surface area contributed by atoms with Gasteiger partial charge in [-0.15, -0.1) is 0 Å². The minimum absolute atomic E-state index is 0.684. The molecule has 3 nitrogen and oxygen atoms in total. The molecule has 1 N–H and O–H groups in total. The Morgan fingerprint density at radius 3 is 2.60 bits per heavy atom. The van der Waals surface area contributed by atoms with Gasteiger partial charge < -0.3 is 10.1 Å². The molecule has 0 aliphatic rings. The molecule has 0 atom stereocenters. The number of halogens is 1. The van der Waals surface area contributed by atoms with Gasteiger partial charge in [-0.3, -0.25) is 4.98 Å². The van der Waals surface area contributed by atoms with Gasteiger partial charge in [0.1, 0.15) is 5.75 Å². The molecule has 2 rings (SSSR count). The second-order valence-electron chi connectivity index (χ2n) is 4.86. The lowest BCUT2D eigenvalue weighted by molar-refractivity contribution is 0.407. The zero-order valence-corrected chi connectivity index (χ0v) is 13.8. The molecule has 20 heavy (non-hydrogen) atoms. The Balaban J connectivity index is 2.16. The number of methoxy groups -OCH3 is 1. The third-order valence-corrected chi connectivity index (χ3v) is 4.26. The van der Waals surface area contributed by atoms with E-state index in [2.05, 4.69) is 45.3 Å². The molecule has 1 aromatic carbocycles. The van der Waals surface area contributed by atoms with E-state index in [1.165, 1.54) is 5.56 Å². The molecule has 0 saturated heterocycles. The van der Waals surface area contributed by atoms with E-state index in [0.29, 0.717) is 6.54 Å². The predicted octanol–water partition coefficient (Wildman–Crippen LogP) is 4.39. The highest BCUT2D eigenvalue weighted by Gasteiger charge is 2.09. The number of anilines is 1. The molecule has 0 bridgehead atoms. The number of aromatic nitrogens is 1. The molecule has 0 spiro atoms. The third-order valence-electron chi connectivity index (χ3n) is 3.37. The molecule has 0 fully saturated rings. The Morgan fingerprint density at radius 2 is 1.95 bits per heavy atom. The molecular weight excluding hydrogens is 316 g/mol. The molecular formula is C16H19BrN2O. The van der Waals surface area contributed by atoms with Crippen molar-refractivity contribution in [1.82, 2.24) is 4.98 Å². The Morgan fingerprint density at radius 1 is 1.20 bits per heavy atom. The molecule has 2 aromatic rings. The maximum atomic E-state index is 5.43. The largest absolute Gasteiger partial charge is 0.496 e. The number of rotatable bonds is 4. The molecule has 0 unspecified atom stereocenters. The number of hydrogen-bond acceptors (Lipinski definition) is 3. The standard InChI is InChI=1S/C16H19BrN2O/c1-10-7-13(5-6-14(10)17)18-9-15-12(3)16(20-4)11(2)8-19-15/h5-8,18H,9H2,1-4H3.